The van der Waals surface area contributed by atoms with Crippen LogP contribution >= 0.6 is 38.9 Å². The summed E-state index contributed by atoms with van der Waals surface area (Å²) in [4.78, 5) is 1.13. The van der Waals surface area contributed by atoms with Crippen LogP contribution in [0.15, 0.2) is 34.1 Å². The van der Waals surface area contributed by atoms with E-state index in [0.29, 0.717) is 10.7 Å². The molecule has 0 amide bonds. The maximum absolute atomic E-state index is 13.5. The first kappa shape index (κ1) is 12.9. The van der Waals surface area contributed by atoms with E-state index < -0.39 is 0 Å². The van der Waals surface area contributed by atoms with Crippen LogP contribution in [0, 0.1) is 5.82 Å². The lowest BCUT2D eigenvalue weighted by Gasteiger charge is -2.15. The molecule has 0 fully saturated rings. The van der Waals surface area contributed by atoms with Crippen LogP contribution in [0.1, 0.15) is 17.8 Å². The average molecular weight is 335 g/mol. The Morgan fingerprint density at radius 2 is 2.18 bits per heavy atom. The van der Waals surface area contributed by atoms with Crippen molar-refractivity contribution in [2.45, 2.75) is 13.0 Å². The van der Waals surface area contributed by atoms with E-state index in [1.807, 2.05) is 18.4 Å². The lowest BCUT2D eigenvalue weighted by atomic mass is 10.2. The van der Waals surface area contributed by atoms with Crippen LogP contribution in [0.5, 0.6) is 0 Å². The van der Waals surface area contributed by atoms with Gasteiger partial charge in [-0.2, -0.15) is 0 Å². The van der Waals surface area contributed by atoms with E-state index in [0.717, 1.165) is 9.35 Å². The predicted octanol–water partition coefficient (Wildman–Crippen LogP) is 5.48. The molecular formula is C12H10BrClFNS. The van der Waals surface area contributed by atoms with E-state index in [4.69, 9.17) is 11.6 Å². The van der Waals surface area contributed by atoms with Gasteiger partial charge in [0.05, 0.1) is 11.7 Å². The van der Waals surface area contributed by atoms with Gasteiger partial charge in [0.15, 0.2) is 0 Å². The van der Waals surface area contributed by atoms with Crippen LogP contribution in [0.4, 0.5) is 10.1 Å². The van der Waals surface area contributed by atoms with Crippen molar-refractivity contribution in [2.75, 3.05) is 5.32 Å². The molecule has 1 nitrogen and oxygen atoms in total. The van der Waals surface area contributed by atoms with E-state index >= 15 is 0 Å². The number of benzene rings is 1. The Labute approximate surface area is 117 Å². The molecule has 1 aromatic carbocycles. The van der Waals surface area contributed by atoms with Gasteiger partial charge in [0.25, 0.3) is 0 Å². The van der Waals surface area contributed by atoms with Crippen LogP contribution in [0.3, 0.4) is 0 Å². The molecule has 17 heavy (non-hydrogen) atoms. The summed E-state index contributed by atoms with van der Waals surface area (Å²) in [5, 5.41) is 5.63. The van der Waals surface area contributed by atoms with Gasteiger partial charge in [-0.05, 0) is 52.5 Å². The van der Waals surface area contributed by atoms with Crippen molar-refractivity contribution >= 4 is 44.6 Å². The number of nitrogens with one attached hydrogen (secondary N) is 1. The van der Waals surface area contributed by atoms with E-state index in [9.17, 15) is 4.39 Å². The Balaban J connectivity index is 2.21. The molecule has 0 bridgehead atoms. The standard InChI is InChI=1S/C12H10BrClFNS/c1-7(12-9(13)4-5-17-12)16-11-6-8(14)2-3-10(11)15/h2-7,16H,1H3. The zero-order valence-electron chi connectivity index (χ0n) is 9.01. The van der Waals surface area contributed by atoms with Crippen LogP contribution < -0.4 is 5.32 Å². The minimum atomic E-state index is -0.297. The molecular weight excluding hydrogens is 325 g/mol. The molecule has 2 aromatic rings. The Morgan fingerprint density at radius 3 is 2.82 bits per heavy atom. The second-order valence-corrected chi connectivity index (χ2v) is 5.86. The molecule has 0 spiro atoms. The van der Waals surface area contributed by atoms with Crippen molar-refractivity contribution in [3.05, 3.63) is 49.8 Å². The van der Waals surface area contributed by atoms with Gasteiger partial charge >= 0.3 is 0 Å². The zero-order valence-corrected chi connectivity index (χ0v) is 12.2. The molecule has 1 N–H and O–H groups in total. The van der Waals surface area contributed by atoms with Crippen molar-refractivity contribution in [2.24, 2.45) is 0 Å². The molecule has 0 aliphatic rings. The van der Waals surface area contributed by atoms with Crippen LogP contribution in [0.25, 0.3) is 0 Å². The van der Waals surface area contributed by atoms with Crippen LogP contribution in [-0.4, -0.2) is 0 Å². The van der Waals surface area contributed by atoms with Crippen molar-refractivity contribution in [1.82, 2.24) is 0 Å². The summed E-state index contributed by atoms with van der Waals surface area (Å²) >= 11 is 10.9. The molecule has 1 aromatic heterocycles. The molecule has 5 heteroatoms. The third-order valence-corrected chi connectivity index (χ3v) is 4.63. The first-order valence-electron chi connectivity index (χ1n) is 5.02. The number of thiophene rings is 1. The summed E-state index contributed by atoms with van der Waals surface area (Å²) in [7, 11) is 0. The van der Waals surface area contributed by atoms with Gasteiger partial charge < -0.3 is 5.32 Å². The van der Waals surface area contributed by atoms with Crippen LogP contribution in [0.2, 0.25) is 5.02 Å². The number of halogens is 3. The van der Waals surface area contributed by atoms with Crippen molar-refractivity contribution < 1.29 is 4.39 Å². The largest absolute Gasteiger partial charge is 0.375 e. The summed E-state index contributed by atoms with van der Waals surface area (Å²) in [6.07, 6.45) is 0. The molecule has 2 rings (SSSR count). The predicted molar refractivity (Wildman–Crippen MR) is 75.5 cm³/mol. The molecule has 0 saturated carbocycles. The fourth-order valence-electron chi connectivity index (χ4n) is 1.52. The van der Waals surface area contributed by atoms with Crippen molar-refractivity contribution in [1.29, 1.82) is 0 Å². The molecule has 1 atom stereocenters. The summed E-state index contributed by atoms with van der Waals surface area (Å²) in [6.45, 7) is 1.98. The second kappa shape index (κ2) is 5.38. The minimum Gasteiger partial charge on any atom is -0.375 e. The van der Waals surface area contributed by atoms with Gasteiger partial charge in [-0.25, -0.2) is 4.39 Å². The lowest BCUT2D eigenvalue weighted by molar-refractivity contribution is 0.628. The highest BCUT2D eigenvalue weighted by molar-refractivity contribution is 9.10. The highest BCUT2D eigenvalue weighted by atomic mass is 79.9. The second-order valence-electron chi connectivity index (χ2n) is 3.62. The van der Waals surface area contributed by atoms with E-state index in [2.05, 4.69) is 21.2 Å². The van der Waals surface area contributed by atoms with E-state index in [-0.39, 0.29) is 11.9 Å². The van der Waals surface area contributed by atoms with Crippen molar-refractivity contribution in [3.8, 4) is 0 Å². The Morgan fingerprint density at radius 1 is 1.41 bits per heavy atom. The topological polar surface area (TPSA) is 12.0 Å². The first-order valence-corrected chi connectivity index (χ1v) is 7.07. The van der Waals surface area contributed by atoms with Gasteiger partial charge in [-0.3, -0.25) is 0 Å². The first-order chi connectivity index (χ1) is 8.08. The smallest absolute Gasteiger partial charge is 0.146 e. The molecule has 1 heterocycles. The third-order valence-electron chi connectivity index (χ3n) is 2.34. The molecule has 0 aliphatic carbocycles. The number of hydrogen-bond donors (Lipinski definition) is 1. The molecule has 90 valence electrons. The molecule has 0 aliphatic heterocycles. The average Bonchev–Trinajstić information content (AvgIpc) is 2.70. The SMILES string of the molecule is CC(Nc1cc(Cl)ccc1F)c1sccc1Br. The maximum Gasteiger partial charge on any atom is 0.146 e. The molecule has 0 radical (unpaired) electrons. The summed E-state index contributed by atoms with van der Waals surface area (Å²) < 4.78 is 14.6. The Bertz CT molecular complexity index is 529. The summed E-state index contributed by atoms with van der Waals surface area (Å²) in [5.41, 5.74) is 0.422. The van der Waals surface area contributed by atoms with Gasteiger partial charge in [0.2, 0.25) is 0 Å². The highest BCUT2D eigenvalue weighted by Gasteiger charge is 2.12. The zero-order chi connectivity index (χ0) is 12.4. The summed E-state index contributed by atoms with van der Waals surface area (Å²) in [5.74, 6) is -0.297. The number of rotatable bonds is 3. The number of hydrogen-bond acceptors (Lipinski definition) is 2. The monoisotopic (exact) mass is 333 g/mol. The normalized spacial score (nSPS) is 12.5. The van der Waals surface area contributed by atoms with Crippen LogP contribution in [-0.2, 0) is 0 Å². The van der Waals surface area contributed by atoms with Gasteiger partial charge in [0.1, 0.15) is 5.82 Å². The van der Waals surface area contributed by atoms with Gasteiger partial charge in [0, 0.05) is 14.4 Å². The Hall–Kier alpha value is -0.580. The lowest BCUT2D eigenvalue weighted by Crippen LogP contribution is -2.06. The van der Waals surface area contributed by atoms with E-state index in [1.54, 1.807) is 17.4 Å². The highest BCUT2D eigenvalue weighted by Crippen LogP contribution is 2.32. The fourth-order valence-corrected chi connectivity index (χ4v) is 3.42. The van der Waals surface area contributed by atoms with Crippen molar-refractivity contribution in [3.63, 3.8) is 0 Å². The van der Waals surface area contributed by atoms with Gasteiger partial charge in [-0.1, -0.05) is 11.6 Å². The quantitative estimate of drug-likeness (QED) is 0.784. The van der Waals surface area contributed by atoms with E-state index in [1.165, 1.54) is 12.1 Å². The maximum atomic E-state index is 13.5. The minimum absolute atomic E-state index is 0.0253. The number of anilines is 1. The summed E-state index contributed by atoms with van der Waals surface area (Å²) in [6, 6.07) is 6.49. The van der Waals surface area contributed by atoms with Gasteiger partial charge in [-0.15, -0.1) is 11.3 Å². The Kier molecular flexibility index (Phi) is 4.07. The molecule has 0 saturated heterocycles. The molecule has 1 unspecified atom stereocenters. The fraction of sp³-hybridized carbons (Fsp3) is 0.167. The third kappa shape index (κ3) is 3.00.